The molecule has 1 amide bonds. The maximum atomic E-state index is 12.5. The number of likely N-dealkylation sites (N-methyl/N-ethyl adjacent to an activating group) is 2. The molecule has 21 heavy (non-hydrogen) atoms. The van der Waals surface area contributed by atoms with Gasteiger partial charge < -0.3 is 15.1 Å². The maximum Gasteiger partial charge on any atom is 0.243 e. The fraction of sp³-hybridized carbons (Fsp3) is 0.562. The molecule has 0 saturated heterocycles. The minimum atomic E-state index is -0.616. The second kappa shape index (κ2) is 7.54. The van der Waals surface area contributed by atoms with Crippen LogP contribution in [0.2, 0.25) is 0 Å². The molecule has 2 N–H and O–H groups in total. The van der Waals surface area contributed by atoms with Crippen molar-refractivity contribution in [1.82, 2.24) is 4.90 Å². The van der Waals surface area contributed by atoms with E-state index in [1.807, 2.05) is 49.2 Å². The first-order valence-corrected chi connectivity index (χ1v) is 7.09. The monoisotopic (exact) mass is 294 g/mol. The van der Waals surface area contributed by atoms with Gasteiger partial charge in [-0.05, 0) is 26.1 Å². The van der Waals surface area contributed by atoms with Gasteiger partial charge in [-0.3, -0.25) is 9.69 Å². The van der Waals surface area contributed by atoms with Crippen molar-refractivity contribution in [1.29, 1.82) is 0 Å². The average molecular weight is 294 g/mol. The lowest BCUT2D eigenvalue weighted by molar-refractivity contribution is -0.123. The van der Waals surface area contributed by atoms with E-state index < -0.39 is 5.41 Å². The summed E-state index contributed by atoms with van der Waals surface area (Å²) in [5.74, 6) is -0.0260. The highest BCUT2D eigenvalue weighted by molar-refractivity contribution is 5.96. The Hall–Kier alpha value is -1.43. The van der Waals surface area contributed by atoms with Crippen molar-refractivity contribution in [2.45, 2.75) is 19.9 Å². The molecule has 118 valence electrons. The third-order valence-corrected chi connectivity index (χ3v) is 3.89. The van der Waals surface area contributed by atoms with E-state index in [0.29, 0.717) is 6.54 Å². The van der Waals surface area contributed by atoms with E-state index in [2.05, 4.69) is 0 Å². The van der Waals surface area contributed by atoms with Crippen LogP contribution in [-0.2, 0) is 4.79 Å². The van der Waals surface area contributed by atoms with Crippen molar-refractivity contribution in [2.24, 2.45) is 5.41 Å². The van der Waals surface area contributed by atoms with Gasteiger partial charge in [0.2, 0.25) is 5.91 Å². The zero-order valence-corrected chi connectivity index (χ0v) is 13.3. The quantitative estimate of drug-likeness (QED) is 0.786. The molecule has 0 aromatic heterocycles. The summed E-state index contributed by atoms with van der Waals surface area (Å²) in [5, 5.41) is 18.7. The Labute approximate surface area is 126 Å². The maximum absolute atomic E-state index is 12.5. The summed E-state index contributed by atoms with van der Waals surface area (Å²) in [5.41, 5.74) is 0.226. The molecule has 0 aliphatic heterocycles. The number of aliphatic hydroxyl groups excluding tert-OH is 2. The second-order valence-corrected chi connectivity index (χ2v) is 5.95. The number of anilines is 1. The molecule has 1 atom stereocenters. The molecule has 0 heterocycles. The van der Waals surface area contributed by atoms with Crippen molar-refractivity contribution in [3.05, 3.63) is 30.3 Å². The van der Waals surface area contributed by atoms with E-state index in [4.69, 9.17) is 0 Å². The number of para-hydroxylation sites is 1. The first kappa shape index (κ1) is 17.6. The highest BCUT2D eigenvalue weighted by Gasteiger charge is 2.29. The number of carbonyl (C=O) groups is 1. The SMILES string of the molecule is CC(C(=O)N(C)c1ccccc1)N(C)CC(C)(CO)CO. The summed E-state index contributed by atoms with van der Waals surface area (Å²) in [6.45, 7) is 3.82. The van der Waals surface area contributed by atoms with E-state index in [1.54, 1.807) is 18.9 Å². The van der Waals surface area contributed by atoms with Gasteiger partial charge in [0.1, 0.15) is 0 Å². The van der Waals surface area contributed by atoms with Crippen LogP contribution in [0.5, 0.6) is 0 Å². The van der Waals surface area contributed by atoms with Gasteiger partial charge in [-0.25, -0.2) is 0 Å². The van der Waals surface area contributed by atoms with Crippen LogP contribution in [0.25, 0.3) is 0 Å². The minimum Gasteiger partial charge on any atom is -0.396 e. The van der Waals surface area contributed by atoms with E-state index in [1.165, 1.54) is 0 Å². The van der Waals surface area contributed by atoms with Gasteiger partial charge in [-0.15, -0.1) is 0 Å². The Morgan fingerprint density at radius 3 is 2.19 bits per heavy atom. The van der Waals surface area contributed by atoms with Gasteiger partial charge in [0.25, 0.3) is 0 Å². The Morgan fingerprint density at radius 1 is 1.19 bits per heavy atom. The Kier molecular flexibility index (Phi) is 6.33. The number of nitrogens with zero attached hydrogens (tertiary/aromatic N) is 2. The van der Waals surface area contributed by atoms with Crippen LogP contribution in [0, 0.1) is 5.41 Å². The summed E-state index contributed by atoms with van der Waals surface area (Å²) in [6.07, 6.45) is 0. The number of benzene rings is 1. The first-order chi connectivity index (χ1) is 9.84. The summed E-state index contributed by atoms with van der Waals surface area (Å²) in [7, 11) is 3.57. The lowest BCUT2D eigenvalue weighted by Gasteiger charge is -2.34. The van der Waals surface area contributed by atoms with Gasteiger partial charge in [0.05, 0.1) is 19.3 Å². The fourth-order valence-corrected chi connectivity index (χ4v) is 2.14. The number of hydrogen-bond donors (Lipinski definition) is 2. The standard InChI is InChI=1S/C16H26N2O3/c1-13(17(3)10-16(2,11-19)12-20)15(21)18(4)14-8-6-5-7-9-14/h5-9,13,19-20H,10-12H2,1-4H3. The molecular formula is C16H26N2O3. The molecule has 0 spiro atoms. The largest absolute Gasteiger partial charge is 0.396 e. The van der Waals surface area contributed by atoms with Crippen molar-refractivity contribution in [2.75, 3.05) is 38.8 Å². The molecule has 1 unspecified atom stereocenters. The van der Waals surface area contributed by atoms with Crippen LogP contribution < -0.4 is 4.90 Å². The van der Waals surface area contributed by atoms with Crippen molar-refractivity contribution in [3.8, 4) is 0 Å². The second-order valence-electron chi connectivity index (χ2n) is 5.95. The molecule has 0 bridgehead atoms. The van der Waals surface area contributed by atoms with Crippen molar-refractivity contribution >= 4 is 11.6 Å². The zero-order chi connectivity index (χ0) is 16.0. The smallest absolute Gasteiger partial charge is 0.243 e. The molecule has 0 saturated carbocycles. The summed E-state index contributed by atoms with van der Waals surface area (Å²) < 4.78 is 0. The fourth-order valence-electron chi connectivity index (χ4n) is 2.14. The predicted octanol–water partition coefficient (Wildman–Crippen LogP) is 0.961. The average Bonchev–Trinajstić information content (AvgIpc) is 2.53. The van der Waals surface area contributed by atoms with Crippen LogP contribution >= 0.6 is 0 Å². The van der Waals surface area contributed by atoms with Crippen molar-refractivity contribution in [3.63, 3.8) is 0 Å². The predicted molar refractivity (Wildman–Crippen MR) is 84.2 cm³/mol. The van der Waals surface area contributed by atoms with Gasteiger partial charge in [0, 0.05) is 24.7 Å². The van der Waals surface area contributed by atoms with Crippen LogP contribution in [-0.4, -0.2) is 60.9 Å². The van der Waals surface area contributed by atoms with E-state index >= 15 is 0 Å². The number of amides is 1. The van der Waals surface area contributed by atoms with Crippen LogP contribution in [0.4, 0.5) is 5.69 Å². The van der Waals surface area contributed by atoms with Gasteiger partial charge >= 0.3 is 0 Å². The molecule has 0 fully saturated rings. The van der Waals surface area contributed by atoms with Gasteiger partial charge in [-0.1, -0.05) is 25.1 Å². The molecule has 1 rings (SSSR count). The zero-order valence-electron chi connectivity index (χ0n) is 13.3. The third kappa shape index (κ3) is 4.52. The lowest BCUT2D eigenvalue weighted by atomic mass is 9.92. The molecule has 0 radical (unpaired) electrons. The minimum absolute atomic E-state index is 0.0260. The third-order valence-electron chi connectivity index (χ3n) is 3.89. The van der Waals surface area contributed by atoms with Crippen LogP contribution in [0.3, 0.4) is 0 Å². The van der Waals surface area contributed by atoms with Crippen LogP contribution in [0.15, 0.2) is 30.3 Å². The molecule has 0 aliphatic carbocycles. The molecule has 1 aromatic carbocycles. The summed E-state index contributed by atoms with van der Waals surface area (Å²) >= 11 is 0. The number of hydrogen-bond acceptors (Lipinski definition) is 4. The highest BCUT2D eigenvalue weighted by Crippen LogP contribution is 2.19. The Morgan fingerprint density at radius 2 is 1.71 bits per heavy atom. The summed E-state index contributed by atoms with van der Waals surface area (Å²) in [6, 6.07) is 9.12. The Bertz CT molecular complexity index is 446. The first-order valence-electron chi connectivity index (χ1n) is 7.09. The van der Waals surface area contributed by atoms with Crippen LogP contribution in [0.1, 0.15) is 13.8 Å². The summed E-state index contributed by atoms with van der Waals surface area (Å²) in [4.78, 5) is 16.0. The van der Waals surface area contributed by atoms with E-state index in [0.717, 1.165) is 5.69 Å². The van der Waals surface area contributed by atoms with E-state index in [9.17, 15) is 15.0 Å². The number of rotatable bonds is 7. The molecule has 5 nitrogen and oxygen atoms in total. The van der Waals surface area contributed by atoms with Gasteiger partial charge in [0.15, 0.2) is 0 Å². The topological polar surface area (TPSA) is 64.0 Å². The number of aliphatic hydroxyl groups is 2. The molecular weight excluding hydrogens is 268 g/mol. The van der Waals surface area contributed by atoms with Crippen molar-refractivity contribution < 1.29 is 15.0 Å². The Balaban J connectivity index is 2.73. The normalized spacial score (nSPS) is 13.3. The molecule has 1 aromatic rings. The molecule has 0 aliphatic rings. The lowest BCUT2D eigenvalue weighted by Crippen LogP contribution is -2.49. The number of carbonyl (C=O) groups excluding carboxylic acids is 1. The molecule has 5 heteroatoms. The highest BCUT2D eigenvalue weighted by atomic mass is 16.3. The van der Waals surface area contributed by atoms with Gasteiger partial charge in [-0.2, -0.15) is 0 Å². The van der Waals surface area contributed by atoms with E-state index in [-0.39, 0.29) is 25.2 Å².